The van der Waals surface area contributed by atoms with Gasteiger partial charge in [0.2, 0.25) is 11.6 Å². The van der Waals surface area contributed by atoms with E-state index in [9.17, 15) is 4.79 Å². The Morgan fingerprint density at radius 2 is 2.09 bits per heavy atom. The number of nitrogen functional groups attached to an aromatic ring is 1. The van der Waals surface area contributed by atoms with E-state index < -0.39 is 5.91 Å². The molecule has 4 rings (SSSR count). The van der Waals surface area contributed by atoms with Crippen molar-refractivity contribution in [3.05, 3.63) is 70.0 Å². The van der Waals surface area contributed by atoms with Crippen LogP contribution in [0.15, 0.2) is 52.2 Å². The molecule has 0 aliphatic rings. The van der Waals surface area contributed by atoms with E-state index in [0.29, 0.717) is 27.8 Å². The number of nitrogens with one attached hydrogen (secondary N) is 1. The predicted molar refractivity (Wildman–Crippen MR) is 122 cm³/mol. The third-order valence-corrected chi connectivity index (χ3v) is 5.05. The fraction of sp³-hybridized carbons (Fsp3) is 0.143. The van der Waals surface area contributed by atoms with E-state index in [-0.39, 0.29) is 23.9 Å². The molecule has 1 amide bonds. The van der Waals surface area contributed by atoms with Gasteiger partial charge in [0.05, 0.1) is 19.0 Å². The Morgan fingerprint density at radius 3 is 2.82 bits per heavy atom. The Morgan fingerprint density at radius 1 is 1.26 bits per heavy atom. The first kappa shape index (κ1) is 22.7. The third kappa shape index (κ3) is 4.66. The Balaban J connectivity index is 1.54. The number of hydrogen-bond donors (Lipinski definition) is 2. The van der Waals surface area contributed by atoms with Gasteiger partial charge in [0.15, 0.2) is 17.2 Å². The predicted octanol–water partition coefficient (Wildman–Crippen LogP) is 2.55. The van der Waals surface area contributed by atoms with Crippen LogP contribution in [0.4, 0.5) is 5.82 Å². The van der Waals surface area contributed by atoms with Gasteiger partial charge in [0.1, 0.15) is 6.61 Å². The van der Waals surface area contributed by atoms with Crippen molar-refractivity contribution in [1.29, 1.82) is 0 Å². The number of aromatic nitrogens is 5. The van der Waals surface area contributed by atoms with Crippen molar-refractivity contribution >= 4 is 29.5 Å². The largest absolute Gasteiger partial charge is 0.493 e. The van der Waals surface area contributed by atoms with Crippen LogP contribution in [-0.2, 0) is 6.61 Å². The smallest absolute Gasteiger partial charge is 0.292 e. The second kappa shape index (κ2) is 10.0. The number of nitrogens with zero attached hydrogens (tertiary/aromatic N) is 6. The van der Waals surface area contributed by atoms with Crippen LogP contribution in [0.2, 0.25) is 5.02 Å². The zero-order chi connectivity index (χ0) is 24.1. The van der Waals surface area contributed by atoms with Crippen LogP contribution in [0, 0.1) is 6.92 Å². The second-order valence-corrected chi connectivity index (χ2v) is 7.27. The minimum absolute atomic E-state index is 0.0396. The number of anilines is 1. The number of carbonyl (C=O) groups is 1. The van der Waals surface area contributed by atoms with Gasteiger partial charge in [-0.15, -0.1) is 5.10 Å². The minimum atomic E-state index is -0.595. The van der Waals surface area contributed by atoms with Gasteiger partial charge in [-0.1, -0.05) is 41.1 Å². The lowest BCUT2D eigenvalue weighted by molar-refractivity contribution is 0.0946. The Bertz CT molecular complexity index is 1350. The molecular formula is C21H19ClN8O4. The van der Waals surface area contributed by atoms with Crippen LogP contribution in [0.3, 0.4) is 0 Å². The fourth-order valence-corrected chi connectivity index (χ4v) is 3.22. The second-order valence-electron chi connectivity index (χ2n) is 6.87. The monoisotopic (exact) mass is 482 g/mol. The number of methoxy groups -OCH3 is 1. The fourth-order valence-electron chi connectivity index (χ4n) is 3.03. The number of nitrogens with two attached hydrogens (primary N) is 1. The average molecular weight is 483 g/mol. The highest BCUT2D eigenvalue weighted by molar-refractivity contribution is 6.31. The van der Waals surface area contributed by atoms with E-state index >= 15 is 0 Å². The first-order valence-electron chi connectivity index (χ1n) is 9.87. The van der Waals surface area contributed by atoms with Gasteiger partial charge in [-0.3, -0.25) is 4.79 Å². The lowest BCUT2D eigenvalue weighted by Gasteiger charge is -2.13. The molecule has 0 aliphatic carbocycles. The quantitative estimate of drug-likeness (QED) is 0.284. The van der Waals surface area contributed by atoms with Crippen molar-refractivity contribution in [3.63, 3.8) is 0 Å². The SMILES string of the molecule is COc1cccc(/C=N\NC(=O)c2c(C)nnn2-c2nonc2N)c1OCc1ccccc1Cl. The Hall–Kier alpha value is -4.45. The molecule has 0 radical (unpaired) electrons. The molecular weight excluding hydrogens is 464 g/mol. The van der Waals surface area contributed by atoms with Gasteiger partial charge in [0.25, 0.3) is 5.91 Å². The number of hydrogen-bond acceptors (Lipinski definition) is 10. The third-order valence-electron chi connectivity index (χ3n) is 4.68. The summed E-state index contributed by atoms with van der Waals surface area (Å²) in [6.45, 7) is 1.82. The van der Waals surface area contributed by atoms with Gasteiger partial charge in [-0.25, -0.2) is 10.1 Å². The number of para-hydroxylation sites is 1. The number of halogens is 1. The number of ether oxygens (including phenoxy) is 2. The number of hydrazone groups is 1. The summed E-state index contributed by atoms with van der Waals surface area (Å²) in [4.78, 5) is 12.8. The molecule has 34 heavy (non-hydrogen) atoms. The first-order chi connectivity index (χ1) is 16.5. The summed E-state index contributed by atoms with van der Waals surface area (Å²) in [6, 6.07) is 12.6. The molecule has 0 atom stereocenters. The minimum Gasteiger partial charge on any atom is -0.493 e. The molecule has 0 bridgehead atoms. The van der Waals surface area contributed by atoms with Crippen LogP contribution >= 0.6 is 11.6 Å². The van der Waals surface area contributed by atoms with Crippen molar-refractivity contribution in [2.75, 3.05) is 12.8 Å². The standard InChI is InChI=1S/C21H19ClN8O4/c1-12-17(30(29-25-12)20-19(23)27-34-28-20)21(31)26-24-10-13-7-5-9-16(32-2)18(13)33-11-14-6-3-4-8-15(14)22/h3-10H,11H2,1-2H3,(H2,23,27)(H,26,31)/b24-10-. The van der Waals surface area contributed by atoms with Crippen molar-refractivity contribution in [2.24, 2.45) is 5.10 Å². The van der Waals surface area contributed by atoms with Gasteiger partial charge < -0.3 is 15.2 Å². The molecule has 12 nitrogen and oxygen atoms in total. The summed E-state index contributed by atoms with van der Waals surface area (Å²) >= 11 is 6.22. The van der Waals surface area contributed by atoms with Crippen LogP contribution < -0.4 is 20.6 Å². The summed E-state index contributed by atoms with van der Waals surface area (Å²) in [5, 5.41) is 19.5. The zero-order valence-corrected chi connectivity index (χ0v) is 18.9. The van der Waals surface area contributed by atoms with Crippen LogP contribution in [-0.4, -0.2) is 44.5 Å². The first-order valence-corrected chi connectivity index (χ1v) is 10.2. The molecule has 2 aromatic heterocycles. The topological polar surface area (TPSA) is 156 Å². The van der Waals surface area contributed by atoms with E-state index in [1.54, 1.807) is 31.2 Å². The highest BCUT2D eigenvalue weighted by atomic mass is 35.5. The van der Waals surface area contributed by atoms with Crippen LogP contribution in [0.1, 0.15) is 27.3 Å². The van der Waals surface area contributed by atoms with E-state index in [4.69, 9.17) is 26.8 Å². The maximum atomic E-state index is 12.8. The van der Waals surface area contributed by atoms with E-state index in [1.807, 2.05) is 18.2 Å². The molecule has 2 aromatic carbocycles. The van der Waals surface area contributed by atoms with E-state index in [2.05, 4.69) is 35.8 Å². The molecule has 0 unspecified atom stereocenters. The van der Waals surface area contributed by atoms with E-state index in [1.165, 1.54) is 13.3 Å². The molecule has 0 saturated heterocycles. The van der Waals surface area contributed by atoms with Gasteiger partial charge in [-0.05, 0) is 35.4 Å². The number of carbonyl (C=O) groups excluding carboxylic acids is 1. The summed E-state index contributed by atoms with van der Waals surface area (Å²) in [6.07, 6.45) is 1.43. The summed E-state index contributed by atoms with van der Waals surface area (Å²) in [7, 11) is 1.53. The normalized spacial score (nSPS) is 11.0. The van der Waals surface area contributed by atoms with Crippen molar-refractivity contribution in [2.45, 2.75) is 13.5 Å². The molecule has 2 heterocycles. The van der Waals surface area contributed by atoms with Gasteiger partial charge in [-0.2, -0.15) is 9.78 Å². The van der Waals surface area contributed by atoms with Gasteiger partial charge in [0, 0.05) is 16.1 Å². The average Bonchev–Trinajstić information content (AvgIpc) is 3.43. The number of benzene rings is 2. The van der Waals surface area contributed by atoms with Gasteiger partial charge >= 0.3 is 0 Å². The highest BCUT2D eigenvalue weighted by Crippen LogP contribution is 2.31. The van der Waals surface area contributed by atoms with Crippen LogP contribution in [0.5, 0.6) is 11.5 Å². The molecule has 4 aromatic rings. The highest BCUT2D eigenvalue weighted by Gasteiger charge is 2.22. The van der Waals surface area contributed by atoms with E-state index in [0.717, 1.165) is 10.2 Å². The maximum Gasteiger partial charge on any atom is 0.292 e. The number of amides is 1. The van der Waals surface area contributed by atoms with Crippen molar-refractivity contribution < 1.29 is 18.9 Å². The maximum absolute atomic E-state index is 12.8. The molecule has 0 fully saturated rings. The lowest BCUT2D eigenvalue weighted by Crippen LogP contribution is -2.23. The summed E-state index contributed by atoms with van der Waals surface area (Å²) in [5.41, 5.74) is 9.92. The number of rotatable bonds is 8. The summed E-state index contributed by atoms with van der Waals surface area (Å²) < 4.78 is 17.1. The zero-order valence-electron chi connectivity index (χ0n) is 18.1. The molecule has 13 heteroatoms. The molecule has 0 spiro atoms. The molecule has 0 aliphatic heterocycles. The number of aryl methyl sites for hydroxylation is 1. The molecule has 0 saturated carbocycles. The Kier molecular flexibility index (Phi) is 6.69. The molecule has 3 N–H and O–H groups in total. The summed E-state index contributed by atoms with van der Waals surface area (Å²) in [5.74, 6) is 0.334. The molecule has 174 valence electrons. The lowest BCUT2D eigenvalue weighted by atomic mass is 10.2. The Labute approximate surface area is 198 Å². The van der Waals surface area contributed by atoms with Crippen molar-refractivity contribution in [1.82, 2.24) is 30.7 Å². The van der Waals surface area contributed by atoms with Crippen molar-refractivity contribution in [3.8, 4) is 17.3 Å². The van der Waals surface area contributed by atoms with Crippen LogP contribution in [0.25, 0.3) is 5.82 Å².